The molecule has 1 aliphatic heterocycles. The molecule has 1 aromatic carbocycles. The van der Waals surface area contributed by atoms with Crippen molar-refractivity contribution in [3.05, 3.63) is 35.5 Å². The first-order valence-corrected chi connectivity index (χ1v) is 9.61. The van der Waals surface area contributed by atoms with Gasteiger partial charge in [-0.2, -0.15) is 5.10 Å². The van der Waals surface area contributed by atoms with Crippen LogP contribution in [0.25, 0.3) is 11.3 Å². The van der Waals surface area contributed by atoms with Gasteiger partial charge in [0.25, 0.3) is 0 Å². The average molecular weight is 353 g/mol. The number of fused-ring (bicyclic) bond motifs is 3. The van der Waals surface area contributed by atoms with E-state index in [4.69, 9.17) is 4.74 Å². The van der Waals surface area contributed by atoms with E-state index in [1.807, 2.05) is 23.0 Å². The summed E-state index contributed by atoms with van der Waals surface area (Å²) in [6.45, 7) is 7.35. The molecule has 1 aliphatic carbocycles. The van der Waals surface area contributed by atoms with Crippen molar-refractivity contribution in [2.45, 2.75) is 59.2 Å². The molecule has 0 saturated heterocycles. The van der Waals surface area contributed by atoms with Crippen LogP contribution < -0.4 is 10.1 Å². The average Bonchev–Trinajstić information content (AvgIpc) is 3.02. The lowest BCUT2D eigenvalue weighted by atomic mass is 9.78. The molecule has 2 aliphatic rings. The molecule has 1 amide bonds. The molecule has 0 radical (unpaired) electrons. The molecule has 1 N–H and O–H groups in total. The number of benzene rings is 1. The summed E-state index contributed by atoms with van der Waals surface area (Å²) in [6.07, 6.45) is 5.34. The molecule has 4 rings (SSSR count). The van der Waals surface area contributed by atoms with Crippen molar-refractivity contribution in [3.8, 4) is 17.0 Å². The fourth-order valence-corrected chi connectivity index (χ4v) is 4.25. The van der Waals surface area contributed by atoms with Crippen molar-refractivity contribution in [1.82, 2.24) is 15.1 Å². The van der Waals surface area contributed by atoms with E-state index < -0.39 is 0 Å². The summed E-state index contributed by atoms with van der Waals surface area (Å²) in [4.78, 5) is 12.7. The Labute approximate surface area is 154 Å². The Kier molecular flexibility index (Phi) is 4.47. The van der Waals surface area contributed by atoms with Gasteiger partial charge in [-0.15, -0.1) is 0 Å². The van der Waals surface area contributed by atoms with Gasteiger partial charge in [-0.3, -0.25) is 9.48 Å². The zero-order valence-electron chi connectivity index (χ0n) is 15.8. The summed E-state index contributed by atoms with van der Waals surface area (Å²) in [5.74, 6) is 2.09. The maximum absolute atomic E-state index is 12.7. The van der Waals surface area contributed by atoms with Gasteiger partial charge in [0.2, 0.25) is 5.91 Å². The van der Waals surface area contributed by atoms with Gasteiger partial charge in [0.1, 0.15) is 18.9 Å². The maximum atomic E-state index is 12.7. The lowest BCUT2D eigenvalue weighted by Crippen LogP contribution is -2.45. The highest BCUT2D eigenvalue weighted by atomic mass is 16.5. The number of aromatic nitrogens is 2. The van der Waals surface area contributed by atoms with Crippen molar-refractivity contribution in [2.75, 3.05) is 0 Å². The predicted octanol–water partition coefficient (Wildman–Crippen LogP) is 3.69. The number of rotatable bonds is 3. The molecule has 2 aromatic rings. The Morgan fingerprint density at radius 1 is 1.35 bits per heavy atom. The summed E-state index contributed by atoms with van der Waals surface area (Å²) in [5, 5.41) is 7.72. The first-order chi connectivity index (χ1) is 12.5. The minimum atomic E-state index is 0.0440. The summed E-state index contributed by atoms with van der Waals surface area (Å²) in [7, 11) is 0. The highest BCUT2D eigenvalue weighted by Gasteiger charge is 2.29. The Hall–Kier alpha value is -2.30. The van der Waals surface area contributed by atoms with Crippen molar-refractivity contribution < 1.29 is 9.53 Å². The van der Waals surface area contributed by atoms with Crippen LogP contribution in [0.3, 0.4) is 0 Å². The summed E-state index contributed by atoms with van der Waals surface area (Å²) >= 11 is 0. The van der Waals surface area contributed by atoms with Gasteiger partial charge in [0, 0.05) is 17.2 Å². The van der Waals surface area contributed by atoms with Crippen LogP contribution in [0.2, 0.25) is 0 Å². The molecule has 0 bridgehead atoms. The predicted molar refractivity (Wildman–Crippen MR) is 101 cm³/mol. The van der Waals surface area contributed by atoms with Crippen LogP contribution in [0.4, 0.5) is 0 Å². The molecule has 0 spiro atoms. The zero-order chi connectivity index (χ0) is 18.3. The van der Waals surface area contributed by atoms with Crippen LogP contribution in [0.1, 0.15) is 44.2 Å². The Balaban J connectivity index is 1.54. The molecular weight excluding hydrogens is 326 g/mol. The Bertz CT molecular complexity index is 827. The lowest BCUT2D eigenvalue weighted by Gasteiger charge is -2.34. The molecule has 3 atom stereocenters. The number of amides is 1. The van der Waals surface area contributed by atoms with Crippen LogP contribution in [-0.4, -0.2) is 21.7 Å². The van der Waals surface area contributed by atoms with Crippen LogP contribution in [0.5, 0.6) is 5.75 Å². The van der Waals surface area contributed by atoms with Crippen LogP contribution >= 0.6 is 0 Å². The van der Waals surface area contributed by atoms with Gasteiger partial charge in [-0.25, -0.2) is 0 Å². The molecule has 5 nitrogen and oxygen atoms in total. The lowest BCUT2D eigenvalue weighted by molar-refractivity contribution is -0.123. The first-order valence-electron chi connectivity index (χ1n) is 9.61. The van der Waals surface area contributed by atoms with Crippen LogP contribution in [-0.2, 0) is 17.9 Å². The van der Waals surface area contributed by atoms with Crippen molar-refractivity contribution >= 4 is 5.91 Å². The second-order valence-corrected chi connectivity index (χ2v) is 7.91. The van der Waals surface area contributed by atoms with E-state index in [-0.39, 0.29) is 18.5 Å². The van der Waals surface area contributed by atoms with E-state index in [9.17, 15) is 4.79 Å². The molecule has 2 heterocycles. The third-order valence-electron chi connectivity index (χ3n) is 6.04. The van der Waals surface area contributed by atoms with E-state index in [2.05, 4.69) is 37.3 Å². The second-order valence-electron chi connectivity index (χ2n) is 7.91. The Morgan fingerprint density at radius 2 is 2.19 bits per heavy atom. The van der Waals surface area contributed by atoms with Crippen molar-refractivity contribution in [3.63, 3.8) is 0 Å². The van der Waals surface area contributed by atoms with Crippen molar-refractivity contribution in [1.29, 1.82) is 0 Å². The quantitative estimate of drug-likeness (QED) is 0.915. The number of nitrogens with one attached hydrogen (secondary N) is 1. The van der Waals surface area contributed by atoms with Gasteiger partial charge in [0.05, 0.1) is 11.9 Å². The first kappa shape index (κ1) is 17.1. The number of nitrogens with zero attached hydrogens (tertiary/aromatic N) is 2. The highest BCUT2D eigenvalue weighted by molar-refractivity contribution is 5.78. The van der Waals surface area contributed by atoms with Gasteiger partial charge >= 0.3 is 0 Å². The van der Waals surface area contributed by atoms with Crippen LogP contribution in [0, 0.1) is 18.8 Å². The number of carbonyl (C=O) groups excluding carboxylic acids is 1. The number of ether oxygens (including phenoxy) is 1. The van der Waals surface area contributed by atoms with Gasteiger partial charge in [0.15, 0.2) is 0 Å². The summed E-state index contributed by atoms with van der Waals surface area (Å²) < 4.78 is 7.64. The summed E-state index contributed by atoms with van der Waals surface area (Å²) in [5.41, 5.74) is 4.24. The minimum absolute atomic E-state index is 0.0440. The molecule has 5 heteroatoms. The topological polar surface area (TPSA) is 56.2 Å². The number of hydrogen-bond donors (Lipinski definition) is 1. The standard InChI is InChI=1S/C21H27N3O2/c1-13-7-8-19-17(9-13)21-16(12-26-19)10-22-24(21)11-20(25)23-18-6-4-5-14(2)15(18)3/h7-10,14-15,18H,4-6,11-12H2,1-3H3,(H,23,25)/t14-,15+,18-/m1/s1. The van der Waals surface area contributed by atoms with Gasteiger partial charge < -0.3 is 10.1 Å². The third kappa shape index (κ3) is 3.11. The van der Waals surface area contributed by atoms with E-state index in [0.29, 0.717) is 18.4 Å². The minimum Gasteiger partial charge on any atom is -0.488 e. The summed E-state index contributed by atoms with van der Waals surface area (Å²) in [6, 6.07) is 6.42. The van der Waals surface area contributed by atoms with Gasteiger partial charge in [-0.05, 0) is 37.3 Å². The third-order valence-corrected chi connectivity index (χ3v) is 6.04. The van der Waals surface area contributed by atoms with Gasteiger partial charge in [-0.1, -0.05) is 38.3 Å². The smallest absolute Gasteiger partial charge is 0.241 e. The SMILES string of the molecule is Cc1ccc2c(c1)-c1c(cnn1CC(=O)N[C@@H]1CCC[C@@H](C)[C@@H]1C)CO2. The maximum Gasteiger partial charge on any atom is 0.241 e. The number of hydrogen-bond acceptors (Lipinski definition) is 3. The molecule has 1 fully saturated rings. The van der Waals surface area contributed by atoms with E-state index >= 15 is 0 Å². The molecule has 26 heavy (non-hydrogen) atoms. The van der Waals surface area contributed by atoms with E-state index in [0.717, 1.165) is 29.0 Å². The normalized spacial score (nSPS) is 24.3. The van der Waals surface area contributed by atoms with E-state index in [1.165, 1.54) is 18.4 Å². The van der Waals surface area contributed by atoms with Crippen LogP contribution in [0.15, 0.2) is 24.4 Å². The fourth-order valence-electron chi connectivity index (χ4n) is 4.25. The largest absolute Gasteiger partial charge is 0.488 e. The van der Waals surface area contributed by atoms with Crippen molar-refractivity contribution in [2.24, 2.45) is 11.8 Å². The zero-order valence-corrected chi connectivity index (χ0v) is 15.8. The molecule has 0 unspecified atom stereocenters. The van der Waals surface area contributed by atoms with E-state index in [1.54, 1.807) is 0 Å². The number of carbonyl (C=O) groups is 1. The molecular formula is C21H27N3O2. The number of aryl methyl sites for hydroxylation is 1. The second kappa shape index (κ2) is 6.78. The fraction of sp³-hybridized carbons (Fsp3) is 0.524. The molecule has 138 valence electrons. The molecule has 1 saturated carbocycles. The monoisotopic (exact) mass is 353 g/mol. The Morgan fingerprint density at radius 3 is 3.04 bits per heavy atom. The molecule has 1 aromatic heterocycles. The highest BCUT2D eigenvalue weighted by Crippen LogP contribution is 2.38.